The van der Waals surface area contributed by atoms with Crippen molar-refractivity contribution in [2.45, 2.75) is 45.7 Å². The number of amides is 2. The minimum absolute atomic E-state index is 0.0827. The predicted octanol–water partition coefficient (Wildman–Crippen LogP) is 2.16. The molecule has 24 heavy (non-hydrogen) atoms. The molecule has 1 atom stereocenters. The summed E-state index contributed by atoms with van der Waals surface area (Å²) in [6.45, 7) is 5.96. The molecule has 1 aliphatic rings. The molecule has 2 N–H and O–H groups in total. The van der Waals surface area contributed by atoms with Crippen molar-refractivity contribution >= 4 is 11.8 Å². The minimum atomic E-state index is -0.681. The van der Waals surface area contributed by atoms with Crippen LogP contribution in [0.1, 0.15) is 53.0 Å². The van der Waals surface area contributed by atoms with E-state index in [-0.39, 0.29) is 17.6 Å². The van der Waals surface area contributed by atoms with E-state index < -0.39 is 11.9 Å². The summed E-state index contributed by atoms with van der Waals surface area (Å²) in [5.41, 5.74) is 8.14. The van der Waals surface area contributed by atoms with Crippen LogP contribution in [0.25, 0.3) is 0 Å². The van der Waals surface area contributed by atoms with Crippen molar-refractivity contribution in [1.29, 1.82) is 0 Å². The fraction of sp³-hybridized carbons (Fsp3) is 0.389. The van der Waals surface area contributed by atoms with Crippen molar-refractivity contribution in [1.82, 2.24) is 9.88 Å². The monoisotopic (exact) mass is 327 g/mol. The third-order valence-corrected chi connectivity index (χ3v) is 4.34. The number of nitrogens with two attached hydrogens (primary N) is 1. The van der Waals surface area contributed by atoms with Gasteiger partial charge in [-0.2, -0.15) is 0 Å². The summed E-state index contributed by atoms with van der Waals surface area (Å²) in [5, 5.41) is 0. The first kappa shape index (κ1) is 16.2. The van der Waals surface area contributed by atoms with Gasteiger partial charge in [-0.25, -0.2) is 4.98 Å². The molecule has 2 aromatic rings. The smallest absolute Gasteiger partial charge is 0.292 e. The first-order valence-electron chi connectivity index (χ1n) is 8.03. The summed E-state index contributed by atoms with van der Waals surface area (Å²) in [6.07, 6.45) is 0.418. The Morgan fingerprint density at radius 2 is 1.96 bits per heavy atom. The summed E-state index contributed by atoms with van der Waals surface area (Å²) in [6, 6.07) is 7.08. The third kappa shape index (κ3) is 2.79. The molecule has 6 heteroatoms. The zero-order valence-electron chi connectivity index (χ0n) is 14.1. The van der Waals surface area contributed by atoms with Crippen molar-refractivity contribution in [3.63, 3.8) is 0 Å². The second-order valence-corrected chi connectivity index (χ2v) is 6.45. The predicted molar refractivity (Wildman–Crippen MR) is 88.3 cm³/mol. The van der Waals surface area contributed by atoms with E-state index in [0.29, 0.717) is 24.6 Å². The van der Waals surface area contributed by atoms with E-state index in [9.17, 15) is 9.59 Å². The highest BCUT2D eigenvalue weighted by Crippen LogP contribution is 2.27. The van der Waals surface area contributed by atoms with Crippen molar-refractivity contribution in [2.75, 3.05) is 0 Å². The Bertz CT molecular complexity index is 795. The van der Waals surface area contributed by atoms with Crippen LogP contribution in [0, 0.1) is 6.92 Å². The lowest BCUT2D eigenvalue weighted by atomic mass is 9.93. The number of rotatable bonds is 3. The quantitative estimate of drug-likeness (QED) is 0.935. The number of carbonyl (C=O) groups excluding carboxylic acids is 2. The van der Waals surface area contributed by atoms with Gasteiger partial charge in [0.15, 0.2) is 5.89 Å². The number of fused-ring (bicyclic) bond motifs is 1. The van der Waals surface area contributed by atoms with E-state index >= 15 is 0 Å². The Hall–Kier alpha value is -2.63. The number of hydrogen-bond acceptors (Lipinski definition) is 4. The molecule has 2 amide bonds. The maximum atomic E-state index is 13.0. The molecule has 1 aromatic heterocycles. The van der Waals surface area contributed by atoms with Gasteiger partial charge in [0, 0.05) is 18.9 Å². The van der Waals surface area contributed by atoms with Gasteiger partial charge in [-0.3, -0.25) is 9.59 Å². The fourth-order valence-corrected chi connectivity index (χ4v) is 2.98. The molecule has 0 radical (unpaired) electrons. The van der Waals surface area contributed by atoms with Gasteiger partial charge in [0.25, 0.3) is 5.91 Å². The fourth-order valence-electron chi connectivity index (χ4n) is 2.98. The van der Waals surface area contributed by atoms with Gasteiger partial charge in [-0.05, 0) is 18.1 Å². The van der Waals surface area contributed by atoms with Crippen LogP contribution >= 0.6 is 0 Å². The van der Waals surface area contributed by atoms with E-state index in [1.54, 1.807) is 6.92 Å². The Kier molecular flexibility index (Phi) is 4.13. The van der Waals surface area contributed by atoms with Gasteiger partial charge in [0.2, 0.25) is 11.7 Å². The molecule has 3 rings (SSSR count). The molecule has 126 valence electrons. The Labute approximate surface area is 140 Å². The lowest BCUT2D eigenvalue weighted by Crippen LogP contribution is -2.51. The molecule has 2 heterocycles. The van der Waals surface area contributed by atoms with Gasteiger partial charge < -0.3 is 15.1 Å². The van der Waals surface area contributed by atoms with Crippen LogP contribution in [0.15, 0.2) is 28.7 Å². The Morgan fingerprint density at radius 3 is 2.54 bits per heavy atom. The van der Waals surface area contributed by atoms with Crippen molar-refractivity contribution in [2.24, 2.45) is 5.73 Å². The standard InChI is InChI=1S/C18H21N3O3/c1-10(2)17-20-11(3)15(24-17)18(23)21-9-13-7-5-4-6-12(13)8-14(21)16(19)22/h4-7,10,14H,8-9H2,1-3H3,(H2,19,22)/t14-/m0/s1. The second-order valence-electron chi connectivity index (χ2n) is 6.45. The second kappa shape index (κ2) is 6.11. The van der Waals surface area contributed by atoms with Crippen LogP contribution in [0.3, 0.4) is 0 Å². The lowest BCUT2D eigenvalue weighted by Gasteiger charge is -2.34. The molecule has 1 aromatic carbocycles. The Morgan fingerprint density at radius 1 is 1.29 bits per heavy atom. The first-order chi connectivity index (χ1) is 11.4. The molecule has 6 nitrogen and oxygen atoms in total. The summed E-state index contributed by atoms with van der Waals surface area (Å²) >= 11 is 0. The average molecular weight is 327 g/mol. The molecular formula is C18H21N3O3. The largest absolute Gasteiger partial charge is 0.435 e. The van der Waals surface area contributed by atoms with Gasteiger partial charge in [0.1, 0.15) is 6.04 Å². The number of benzene rings is 1. The van der Waals surface area contributed by atoms with E-state index in [0.717, 1.165) is 11.1 Å². The summed E-state index contributed by atoms with van der Waals surface area (Å²) in [4.78, 5) is 30.7. The number of nitrogens with zero attached hydrogens (tertiary/aromatic N) is 2. The average Bonchev–Trinajstić information content (AvgIpc) is 2.95. The highest BCUT2D eigenvalue weighted by Gasteiger charge is 2.36. The highest BCUT2D eigenvalue weighted by atomic mass is 16.4. The molecule has 1 aliphatic heterocycles. The van der Waals surface area contributed by atoms with Gasteiger partial charge >= 0.3 is 0 Å². The maximum Gasteiger partial charge on any atom is 0.292 e. The number of hydrogen-bond donors (Lipinski definition) is 1. The summed E-state index contributed by atoms with van der Waals surface area (Å²) in [7, 11) is 0. The van der Waals surface area contributed by atoms with Crippen LogP contribution in [-0.4, -0.2) is 27.7 Å². The van der Waals surface area contributed by atoms with E-state index in [4.69, 9.17) is 10.2 Å². The molecule has 0 bridgehead atoms. The number of oxazole rings is 1. The SMILES string of the molecule is Cc1nc(C(C)C)oc1C(=O)N1Cc2ccccc2C[C@H]1C(N)=O. The summed E-state index contributed by atoms with van der Waals surface area (Å²) in [5.74, 6) is -0.0724. The van der Waals surface area contributed by atoms with E-state index in [2.05, 4.69) is 4.98 Å². The van der Waals surface area contributed by atoms with Crippen LogP contribution < -0.4 is 5.73 Å². The Balaban J connectivity index is 1.97. The molecule has 0 unspecified atom stereocenters. The van der Waals surface area contributed by atoms with Crippen LogP contribution in [0.4, 0.5) is 0 Å². The van der Waals surface area contributed by atoms with Crippen LogP contribution in [0.5, 0.6) is 0 Å². The zero-order chi connectivity index (χ0) is 17.4. The minimum Gasteiger partial charge on any atom is -0.435 e. The van der Waals surface area contributed by atoms with E-state index in [1.165, 1.54) is 4.90 Å². The molecular weight excluding hydrogens is 306 g/mol. The number of aryl methyl sites for hydroxylation is 1. The van der Waals surface area contributed by atoms with Crippen molar-refractivity contribution in [3.05, 3.63) is 52.7 Å². The molecule has 0 saturated carbocycles. The van der Waals surface area contributed by atoms with Crippen molar-refractivity contribution in [3.8, 4) is 0 Å². The van der Waals surface area contributed by atoms with Crippen molar-refractivity contribution < 1.29 is 14.0 Å². The molecule has 0 fully saturated rings. The zero-order valence-corrected chi connectivity index (χ0v) is 14.1. The first-order valence-corrected chi connectivity index (χ1v) is 8.03. The highest BCUT2D eigenvalue weighted by molar-refractivity contribution is 5.96. The molecule has 0 saturated heterocycles. The van der Waals surface area contributed by atoms with Crippen LogP contribution in [0.2, 0.25) is 0 Å². The lowest BCUT2D eigenvalue weighted by molar-refractivity contribution is -0.122. The van der Waals surface area contributed by atoms with Gasteiger partial charge in [0.05, 0.1) is 5.69 Å². The molecule has 0 aliphatic carbocycles. The van der Waals surface area contributed by atoms with Gasteiger partial charge in [-0.1, -0.05) is 38.1 Å². The number of aromatic nitrogens is 1. The summed E-state index contributed by atoms with van der Waals surface area (Å²) < 4.78 is 5.65. The maximum absolute atomic E-state index is 13.0. The number of primary amides is 1. The van der Waals surface area contributed by atoms with E-state index in [1.807, 2.05) is 38.1 Å². The normalized spacial score (nSPS) is 17.0. The number of carbonyl (C=O) groups is 2. The topological polar surface area (TPSA) is 89.4 Å². The van der Waals surface area contributed by atoms with Crippen LogP contribution in [-0.2, 0) is 17.8 Å². The molecule has 0 spiro atoms. The third-order valence-electron chi connectivity index (χ3n) is 4.34. The van der Waals surface area contributed by atoms with Gasteiger partial charge in [-0.15, -0.1) is 0 Å².